The molecule has 3 rings (SSSR count). The van der Waals surface area contributed by atoms with Crippen LogP contribution in [0.15, 0.2) is 36.4 Å². The van der Waals surface area contributed by atoms with Crippen LogP contribution in [0.25, 0.3) is 0 Å². The summed E-state index contributed by atoms with van der Waals surface area (Å²) >= 11 is 0. The zero-order valence-electron chi connectivity index (χ0n) is 12.6. The number of aryl methyl sites for hydroxylation is 1. The molecule has 0 atom stereocenters. The van der Waals surface area contributed by atoms with E-state index in [-0.39, 0.29) is 5.75 Å². The van der Waals surface area contributed by atoms with Crippen LogP contribution in [0.1, 0.15) is 22.3 Å². The van der Waals surface area contributed by atoms with Crippen LogP contribution >= 0.6 is 0 Å². The summed E-state index contributed by atoms with van der Waals surface area (Å²) in [6.07, 6.45) is 0.971. The van der Waals surface area contributed by atoms with Crippen molar-refractivity contribution in [2.24, 2.45) is 0 Å². The van der Waals surface area contributed by atoms with Gasteiger partial charge < -0.3 is 9.84 Å². The number of methoxy groups -OCH3 is 1. The van der Waals surface area contributed by atoms with E-state index in [2.05, 4.69) is 36.1 Å². The van der Waals surface area contributed by atoms with E-state index in [0.29, 0.717) is 5.75 Å². The van der Waals surface area contributed by atoms with Crippen LogP contribution in [0.4, 0.5) is 0 Å². The minimum Gasteiger partial charge on any atom is -0.504 e. The summed E-state index contributed by atoms with van der Waals surface area (Å²) in [4.78, 5) is 2.44. The zero-order valence-corrected chi connectivity index (χ0v) is 12.6. The molecule has 1 aliphatic heterocycles. The lowest BCUT2D eigenvalue weighted by molar-refractivity contribution is 0.244. The summed E-state index contributed by atoms with van der Waals surface area (Å²) in [5.41, 5.74) is 5.14. The van der Waals surface area contributed by atoms with Gasteiger partial charge in [-0.05, 0) is 42.2 Å². The molecule has 2 aromatic carbocycles. The minimum atomic E-state index is 0.239. The van der Waals surface area contributed by atoms with Crippen molar-refractivity contribution in [1.29, 1.82) is 0 Å². The molecule has 0 spiro atoms. The van der Waals surface area contributed by atoms with E-state index < -0.39 is 0 Å². The maximum Gasteiger partial charge on any atom is 0.160 e. The molecular weight excluding hydrogens is 262 g/mol. The lowest BCUT2D eigenvalue weighted by Crippen LogP contribution is -2.30. The first-order valence-corrected chi connectivity index (χ1v) is 7.32. The molecule has 0 aromatic heterocycles. The number of phenols is 1. The van der Waals surface area contributed by atoms with Gasteiger partial charge >= 0.3 is 0 Å². The molecule has 3 nitrogen and oxygen atoms in total. The van der Waals surface area contributed by atoms with Gasteiger partial charge in [0.05, 0.1) is 7.11 Å². The van der Waals surface area contributed by atoms with Gasteiger partial charge in [0.1, 0.15) is 0 Å². The average Bonchev–Trinajstić information content (AvgIpc) is 2.47. The van der Waals surface area contributed by atoms with Crippen molar-refractivity contribution >= 4 is 0 Å². The maximum atomic E-state index is 9.86. The molecule has 0 radical (unpaired) electrons. The van der Waals surface area contributed by atoms with Crippen LogP contribution in [-0.4, -0.2) is 23.7 Å². The van der Waals surface area contributed by atoms with Crippen molar-refractivity contribution in [3.8, 4) is 11.5 Å². The van der Waals surface area contributed by atoms with Crippen LogP contribution in [0, 0.1) is 6.92 Å². The van der Waals surface area contributed by atoms with Gasteiger partial charge in [-0.1, -0.05) is 29.8 Å². The molecule has 0 unspecified atom stereocenters. The van der Waals surface area contributed by atoms with E-state index in [0.717, 1.165) is 26.1 Å². The van der Waals surface area contributed by atoms with E-state index in [1.807, 2.05) is 12.1 Å². The van der Waals surface area contributed by atoms with E-state index in [4.69, 9.17) is 4.74 Å². The van der Waals surface area contributed by atoms with Gasteiger partial charge in [0.15, 0.2) is 11.5 Å². The number of fused-ring (bicyclic) bond motifs is 1. The Kier molecular flexibility index (Phi) is 3.84. The number of aromatic hydroxyl groups is 1. The predicted molar refractivity (Wildman–Crippen MR) is 83.7 cm³/mol. The van der Waals surface area contributed by atoms with Gasteiger partial charge in [-0.2, -0.15) is 0 Å². The third-order valence-corrected chi connectivity index (χ3v) is 4.08. The molecule has 1 aliphatic rings. The van der Waals surface area contributed by atoms with Crippen molar-refractivity contribution in [3.05, 3.63) is 58.7 Å². The third-order valence-electron chi connectivity index (χ3n) is 4.08. The number of nitrogens with zero attached hydrogens (tertiary/aromatic N) is 1. The minimum absolute atomic E-state index is 0.239. The molecule has 0 saturated heterocycles. The first-order valence-electron chi connectivity index (χ1n) is 7.32. The first kappa shape index (κ1) is 14.0. The molecule has 0 bridgehead atoms. The molecular formula is C18H21NO2. The van der Waals surface area contributed by atoms with Gasteiger partial charge in [-0.15, -0.1) is 0 Å². The smallest absolute Gasteiger partial charge is 0.160 e. The second-order valence-electron chi connectivity index (χ2n) is 5.74. The number of phenolic OH excluding ortho intramolecular Hbond substituents is 1. The summed E-state index contributed by atoms with van der Waals surface area (Å²) in [6.45, 7) is 5.01. The Hall–Kier alpha value is -2.00. The third kappa shape index (κ3) is 3.03. The molecule has 110 valence electrons. The molecule has 21 heavy (non-hydrogen) atoms. The number of hydrogen-bond acceptors (Lipinski definition) is 3. The zero-order chi connectivity index (χ0) is 14.8. The van der Waals surface area contributed by atoms with Crippen LogP contribution in [0.5, 0.6) is 11.5 Å². The maximum absolute atomic E-state index is 9.86. The summed E-state index contributed by atoms with van der Waals surface area (Å²) in [6, 6.07) is 12.5. The SMILES string of the molecule is COc1cc2c(cc1O)CCN(Cc1cccc(C)c1)C2. The summed E-state index contributed by atoms with van der Waals surface area (Å²) in [5, 5.41) is 9.86. The summed E-state index contributed by atoms with van der Waals surface area (Å²) < 4.78 is 5.21. The molecule has 2 aromatic rings. The normalized spacial score (nSPS) is 14.8. The molecule has 0 saturated carbocycles. The van der Waals surface area contributed by atoms with Gasteiger partial charge in [0.2, 0.25) is 0 Å². The number of hydrogen-bond donors (Lipinski definition) is 1. The fourth-order valence-electron chi connectivity index (χ4n) is 3.00. The van der Waals surface area contributed by atoms with E-state index in [1.165, 1.54) is 22.3 Å². The number of rotatable bonds is 3. The van der Waals surface area contributed by atoms with Gasteiger partial charge in [0.25, 0.3) is 0 Å². The Morgan fingerprint density at radius 1 is 1.19 bits per heavy atom. The van der Waals surface area contributed by atoms with Crippen LogP contribution in [0.2, 0.25) is 0 Å². The highest BCUT2D eigenvalue weighted by Gasteiger charge is 2.19. The predicted octanol–water partition coefficient (Wildman–Crippen LogP) is 3.27. The average molecular weight is 283 g/mol. The molecule has 1 N–H and O–H groups in total. The van der Waals surface area contributed by atoms with Gasteiger partial charge in [-0.3, -0.25) is 4.90 Å². The highest BCUT2D eigenvalue weighted by molar-refractivity contribution is 5.47. The standard InChI is InChI=1S/C18H21NO2/c1-13-4-3-5-14(8-13)11-19-7-6-15-9-17(20)18(21-2)10-16(15)12-19/h3-5,8-10,20H,6-7,11-12H2,1-2H3. The topological polar surface area (TPSA) is 32.7 Å². The van der Waals surface area contributed by atoms with Crippen LogP contribution in [-0.2, 0) is 19.5 Å². The first-order chi connectivity index (χ1) is 10.2. The van der Waals surface area contributed by atoms with Gasteiger partial charge in [0, 0.05) is 19.6 Å². The fourth-order valence-corrected chi connectivity index (χ4v) is 3.00. The molecule has 0 fully saturated rings. The van der Waals surface area contributed by atoms with Gasteiger partial charge in [-0.25, -0.2) is 0 Å². The summed E-state index contributed by atoms with van der Waals surface area (Å²) in [5.74, 6) is 0.800. The Labute approximate surface area is 125 Å². The van der Waals surface area contributed by atoms with Crippen LogP contribution < -0.4 is 4.74 Å². The Morgan fingerprint density at radius 3 is 2.81 bits per heavy atom. The Bertz CT molecular complexity index is 652. The van der Waals surface area contributed by atoms with E-state index >= 15 is 0 Å². The quantitative estimate of drug-likeness (QED) is 0.938. The molecule has 0 amide bonds. The molecule has 3 heteroatoms. The monoisotopic (exact) mass is 283 g/mol. The number of ether oxygens (including phenoxy) is 1. The molecule has 1 heterocycles. The molecule has 0 aliphatic carbocycles. The summed E-state index contributed by atoms with van der Waals surface area (Å²) in [7, 11) is 1.59. The second-order valence-corrected chi connectivity index (χ2v) is 5.74. The Morgan fingerprint density at radius 2 is 2.05 bits per heavy atom. The highest BCUT2D eigenvalue weighted by atomic mass is 16.5. The number of benzene rings is 2. The lowest BCUT2D eigenvalue weighted by Gasteiger charge is -2.29. The van der Waals surface area contributed by atoms with Crippen molar-refractivity contribution < 1.29 is 9.84 Å². The van der Waals surface area contributed by atoms with E-state index in [9.17, 15) is 5.11 Å². The van der Waals surface area contributed by atoms with E-state index in [1.54, 1.807) is 7.11 Å². The van der Waals surface area contributed by atoms with Crippen molar-refractivity contribution in [2.75, 3.05) is 13.7 Å². The van der Waals surface area contributed by atoms with Crippen LogP contribution in [0.3, 0.4) is 0 Å². The Balaban J connectivity index is 1.77. The fraction of sp³-hybridized carbons (Fsp3) is 0.333. The van der Waals surface area contributed by atoms with Crippen molar-refractivity contribution in [3.63, 3.8) is 0 Å². The lowest BCUT2D eigenvalue weighted by atomic mass is 9.98. The van der Waals surface area contributed by atoms with Crippen molar-refractivity contribution in [2.45, 2.75) is 26.4 Å². The highest BCUT2D eigenvalue weighted by Crippen LogP contribution is 2.32. The van der Waals surface area contributed by atoms with Crippen molar-refractivity contribution in [1.82, 2.24) is 4.90 Å². The largest absolute Gasteiger partial charge is 0.504 e. The second kappa shape index (κ2) is 5.78.